The summed E-state index contributed by atoms with van der Waals surface area (Å²) in [5.41, 5.74) is 7.90. The summed E-state index contributed by atoms with van der Waals surface area (Å²) in [4.78, 5) is 19.7. The van der Waals surface area contributed by atoms with Crippen molar-refractivity contribution in [2.75, 3.05) is 13.2 Å². The number of H-pyrrole nitrogens is 1. The first kappa shape index (κ1) is 19.7. The Morgan fingerprint density at radius 2 is 2.04 bits per heavy atom. The Kier molecular flexibility index (Phi) is 7.78. The first-order valence-corrected chi connectivity index (χ1v) is 7.28. The summed E-state index contributed by atoms with van der Waals surface area (Å²) in [6.07, 6.45) is 1.69. The van der Waals surface area contributed by atoms with Crippen LogP contribution in [0.15, 0.2) is 24.3 Å². The number of nitrogens with one attached hydrogen (secondary N) is 2. The van der Waals surface area contributed by atoms with Crippen molar-refractivity contribution in [2.24, 2.45) is 11.7 Å². The van der Waals surface area contributed by atoms with Crippen LogP contribution < -0.4 is 11.1 Å². The molecule has 0 aliphatic carbocycles. The Morgan fingerprint density at radius 1 is 1.35 bits per heavy atom. The molecule has 6 nitrogen and oxygen atoms in total. The number of ether oxygens (including phenoxy) is 1. The molecule has 1 unspecified atom stereocenters. The van der Waals surface area contributed by atoms with Crippen molar-refractivity contribution in [1.29, 1.82) is 0 Å². The van der Waals surface area contributed by atoms with Gasteiger partial charge in [-0.3, -0.25) is 4.79 Å². The van der Waals surface area contributed by atoms with Gasteiger partial charge in [0, 0.05) is 13.2 Å². The van der Waals surface area contributed by atoms with Gasteiger partial charge >= 0.3 is 0 Å². The lowest BCUT2D eigenvalue weighted by atomic mass is 9.92. The third-order valence-corrected chi connectivity index (χ3v) is 3.95. The van der Waals surface area contributed by atoms with Crippen molar-refractivity contribution in [1.82, 2.24) is 15.3 Å². The lowest BCUT2D eigenvalue weighted by Crippen LogP contribution is -2.46. The molecule has 1 aliphatic heterocycles. The highest BCUT2D eigenvalue weighted by Crippen LogP contribution is 2.17. The number of aromatic amines is 1. The number of hydrogen-bond acceptors (Lipinski definition) is 4. The zero-order valence-electron chi connectivity index (χ0n) is 12.7. The topological polar surface area (TPSA) is 93.0 Å². The summed E-state index contributed by atoms with van der Waals surface area (Å²) >= 11 is 0. The molecule has 0 bridgehead atoms. The summed E-state index contributed by atoms with van der Waals surface area (Å²) in [6.45, 7) is 1.74. The van der Waals surface area contributed by atoms with Gasteiger partial charge in [0.1, 0.15) is 5.82 Å². The third-order valence-electron chi connectivity index (χ3n) is 3.95. The van der Waals surface area contributed by atoms with E-state index in [0.29, 0.717) is 19.8 Å². The summed E-state index contributed by atoms with van der Waals surface area (Å²) < 4.78 is 5.29. The van der Waals surface area contributed by atoms with Crippen LogP contribution in [0.3, 0.4) is 0 Å². The summed E-state index contributed by atoms with van der Waals surface area (Å²) in [6, 6.07) is 7.31. The number of imidazole rings is 1. The summed E-state index contributed by atoms with van der Waals surface area (Å²) in [7, 11) is 0. The van der Waals surface area contributed by atoms with Gasteiger partial charge in [0.25, 0.3) is 0 Å². The van der Waals surface area contributed by atoms with E-state index in [2.05, 4.69) is 15.3 Å². The van der Waals surface area contributed by atoms with E-state index in [9.17, 15) is 4.79 Å². The van der Waals surface area contributed by atoms with Crippen LogP contribution in [-0.4, -0.2) is 35.1 Å². The average molecular weight is 361 g/mol. The number of benzene rings is 1. The highest BCUT2D eigenvalue weighted by Gasteiger charge is 2.26. The van der Waals surface area contributed by atoms with Gasteiger partial charge in [-0.15, -0.1) is 24.8 Å². The molecule has 1 amide bonds. The number of amides is 1. The first-order chi connectivity index (χ1) is 10.2. The molecule has 2 heterocycles. The molecule has 0 radical (unpaired) electrons. The fourth-order valence-electron chi connectivity index (χ4n) is 2.67. The number of rotatable bonds is 4. The van der Waals surface area contributed by atoms with Gasteiger partial charge in [-0.05, 0) is 30.9 Å². The van der Waals surface area contributed by atoms with Crippen molar-refractivity contribution in [3.8, 4) is 0 Å². The molecular weight excluding hydrogens is 339 g/mol. The molecule has 0 saturated carbocycles. The maximum atomic E-state index is 12.1. The van der Waals surface area contributed by atoms with Crippen LogP contribution in [0.2, 0.25) is 0 Å². The van der Waals surface area contributed by atoms with Crippen molar-refractivity contribution in [3.63, 3.8) is 0 Å². The lowest BCUT2D eigenvalue weighted by molar-refractivity contribution is -0.124. The van der Waals surface area contributed by atoms with E-state index in [1.807, 2.05) is 24.3 Å². The molecule has 0 spiro atoms. The molecule has 2 aromatic rings. The molecule has 1 aromatic heterocycles. The second-order valence-electron chi connectivity index (χ2n) is 5.39. The number of halogens is 2. The van der Waals surface area contributed by atoms with Crippen LogP contribution >= 0.6 is 24.8 Å². The number of para-hydroxylation sites is 2. The Balaban J connectivity index is 0.00000132. The van der Waals surface area contributed by atoms with E-state index in [1.165, 1.54) is 0 Å². The molecular formula is C15H22Cl2N4O2. The lowest BCUT2D eigenvalue weighted by Gasteiger charge is -2.26. The van der Waals surface area contributed by atoms with Crippen LogP contribution in [0.4, 0.5) is 0 Å². The van der Waals surface area contributed by atoms with Crippen LogP contribution in [0.25, 0.3) is 11.0 Å². The molecule has 128 valence electrons. The number of aromatic nitrogens is 2. The normalized spacial score (nSPS) is 16.2. The number of hydrogen-bond donors (Lipinski definition) is 3. The van der Waals surface area contributed by atoms with Crippen molar-refractivity contribution in [2.45, 2.75) is 25.4 Å². The highest BCUT2D eigenvalue weighted by atomic mass is 35.5. The SMILES string of the molecule is Cl.Cl.NC(C(=O)NCc1nc2ccccc2[nH]1)C1CCOCC1. The smallest absolute Gasteiger partial charge is 0.237 e. The minimum Gasteiger partial charge on any atom is -0.381 e. The Hall–Kier alpha value is -1.34. The summed E-state index contributed by atoms with van der Waals surface area (Å²) in [5, 5.41) is 2.86. The van der Waals surface area contributed by atoms with Crippen LogP contribution in [0.1, 0.15) is 18.7 Å². The van der Waals surface area contributed by atoms with Gasteiger partial charge in [-0.2, -0.15) is 0 Å². The van der Waals surface area contributed by atoms with Crippen molar-refractivity contribution in [3.05, 3.63) is 30.1 Å². The minimum absolute atomic E-state index is 0. The van der Waals surface area contributed by atoms with Crippen molar-refractivity contribution >= 4 is 41.8 Å². The molecule has 1 fully saturated rings. The molecule has 1 aromatic carbocycles. The van der Waals surface area contributed by atoms with E-state index in [1.54, 1.807) is 0 Å². The Bertz CT molecular complexity index is 596. The molecule has 3 rings (SSSR count). The zero-order chi connectivity index (χ0) is 14.7. The molecule has 8 heteroatoms. The van der Waals surface area contributed by atoms with Gasteiger partial charge in [0.2, 0.25) is 5.91 Å². The minimum atomic E-state index is -0.474. The maximum Gasteiger partial charge on any atom is 0.237 e. The number of fused-ring (bicyclic) bond motifs is 1. The number of carbonyl (C=O) groups excluding carboxylic acids is 1. The van der Waals surface area contributed by atoms with E-state index < -0.39 is 6.04 Å². The average Bonchev–Trinajstić information content (AvgIpc) is 2.95. The maximum absolute atomic E-state index is 12.1. The monoisotopic (exact) mass is 360 g/mol. The van der Waals surface area contributed by atoms with Gasteiger partial charge in [0.05, 0.1) is 23.6 Å². The Morgan fingerprint density at radius 3 is 2.74 bits per heavy atom. The van der Waals surface area contributed by atoms with Gasteiger partial charge in [-0.1, -0.05) is 12.1 Å². The number of nitrogens with two attached hydrogens (primary N) is 1. The number of nitrogens with zero attached hydrogens (tertiary/aromatic N) is 1. The quantitative estimate of drug-likeness (QED) is 0.774. The standard InChI is InChI=1S/C15H20N4O2.2ClH/c16-14(10-5-7-21-8-6-10)15(20)17-9-13-18-11-3-1-2-4-12(11)19-13;;/h1-4,10,14H,5-9,16H2,(H,17,20)(H,18,19);2*1H. The van der Waals surface area contributed by atoms with Crippen LogP contribution in [-0.2, 0) is 16.1 Å². The van der Waals surface area contributed by atoms with Crippen LogP contribution in [0.5, 0.6) is 0 Å². The number of carbonyl (C=O) groups is 1. The van der Waals surface area contributed by atoms with E-state index in [0.717, 1.165) is 29.7 Å². The molecule has 1 aliphatic rings. The largest absolute Gasteiger partial charge is 0.381 e. The summed E-state index contributed by atoms with van der Waals surface area (Å²) in [5.74, 6) is 0.820. The van der Waals surface area contributed by atoms with Gasteiger partial charge in [0.15, 0.2) is 0 Å². The van der Waals surface area contributed by atoms with E-state index in [4.69, 9.17) is 10.5 Å². The Labute approximate surface area is 147 Å². The van der Waals surface area contributed by atoms with E-state index in [-0.39, 0.29) is 36.6 Å². The first-order valence-electron chi connectivity index (χ1n) is 7.28. The molecule has 1 atom stereocenters. The second kappa shape index (κ2) is 9.08. The molecule has 4 N–H and O–H groups in total. The highest BCUT2D eigenvalue weighted by molar-refractivity contribution is 5.85. The fraction of sp³-hybridized carbons (Fsp3) is 0.467. The molecule has 1 saturated heterocycles. The predicted octanol–water partition coefficient (Wildman–Crippen LogP) is 1.78. The van der Waals surface area contributed by atoms with Gasteiger partial charge in [-0.25, -0.2) is 4.98 Å². The van der Waals surface area contributed by atoms with E-state index >= 15 is 0 Å². The van der Waals surface area contributed by atoms with Crippen molar-refractivity contribution < 1.29 is 9.53 Å². The zero-order valence-corrected chi connectivity index (χ0v) is 14.3. The van der Waals surface area contributed by atoms with Crippen LogP contribution in [0, 0.1) is 5.92 Å². The van der Waals surface area contributed by atoms with Gasteiger partial charge < -0.3 is 20.8 Å². The fourth-order valence-corrected chi connectivity index (χ4v) is 2.67. The third kappa shape index (κ3) is 4.81. The predicted molar refractivity (Wildman–Crippen MR) is 94.0 cm³/mol. The second-order valence-corrected chi connectivity index (χ2v) is 5.39. The molecule has 23 heavy (non-hydrogen) atoms.